The van der Waals surface area contributed by atoms with E-state index in [1.807, 2.05) is 12.1 Å². The van der Waals surface area contributed by atoms with Gasteiger partial charge in [0, 0.05) is 5.54 Å². The van der Waals surface area contributed by atoms with Crippen LogP contribution in [0.1, 0.15) is 37.7 Å². The van der Waals surface area contributed by atoms with E-state index in [1.54, 1.807) is 12.1 Å². The molecule has 5 heteroatoms. The minimum Gasteiger partial charge on any atom is -0.379 e. The first-order valence-electron chi connectivity index (χ1n) is 7.23. The third kappa shape index (κ3) is 2.38. The molecule has 2 fully saturated rings. The van der Waals surface area contributed by atoms with Gasteiger partial charge in [0.25, 0.3) is 0 Å². The van der Waals surface area contributed by atoms with Gasteiger partial charge in [-0.2, -0.15) is 0 Å². The van der Waals surface area contributed by atoms with Gasteiger partial charge in [-0.15, -0.1) is 0 Å². The number of rotatable bonds is 3. The van der Waals surface area contributed by atoms with Crippen molar-refractivity contribution in [2.75, 3.05) is 13.2 Å². The average Bonchev–Trinajstić information content (AvgIpc) is 2.37. The Morgan fingerprint density at radius 1 is 1.05 bits per heavy atom. The molecule has 1 heterocycles. The minimum absolute atomic E-state index is 0.278. The molecule has 110 valence electrons. The number of benzene rings is 1. The summed E-state index contributed by atoms with van der Waals surface area (Å²) in [6.07, 6.45) is 5.50. The maximum Gasteiger partial charge on any atom is 0.185 e. The Morgan fingerprint density at radius 2 is 1.65 bits per heavy atom. The van der Waals surface area contributed by atoms with E-state index in [-0.39, 0.29) is 10.8 Å². The summed E-state index contributed by atoms with van der Waals surface area (Å²) < 4.78 is 29.5. The van der Waals surface area contributed by atoms with Crippen molar-refractivity contribution in [1.29, 1.82) is 0 Å². The molecule has 0 aromatic heterocycles. The standard InChI is InChI=1S/C15H21NO3S/c16-15(8-2-1-3-9-15)12-4-6-13(7-5-12)20(17,18)14-10-19-11-14/h4-7,14H,1-3,8-11,16H2. The highest BCUT2D eigenvalue weighted by Gasteiger charge is 2.34. The Hall–Kier alpha value is -0.910. The lowest BCUT2D eigenvalue weighted by atomic mass is 9.77. The molecule has 0 amide bonds. The van der Waals surface area contributed by atoms with Gasteiger partial charge < -0.3 is 10.5 Å². The van der Waals surface area contributed by atoms with E-state index < -0.39 is 9.84 Å². The Labute approximate surface area is 120 Å². The zero-order chi connectivity index (χ0) is 14.2. The maximum absolute atomic E-state index is 12.3. The number of nitrogens with two attached hydrogens (primary N) is 1. The van der Waals surface area contributed by atoms with Crippen LogP contribution in [0.3, 0.4) is 0 Å². The molecule has 1 saturated carbocycles. The lowest BCUT2D eigenvalue weighted by Gasteiger charge is -2.34. The van der Waals surface area contributed by atoms with Gasteiger partial charge in [0.1, 0.15) is 5.25 Å². The smallest absolute Gasteiger partial charge is 0.185 e. The van der Waals surface area contributed by atoms with Crippen LogP contribution in [0.4, 0.5) is 0 Å². The van der Waals surface area contributed by atoms with E-state index in [0.717, 1.165) is 31.2 Å². The van der Waals surface area contributed by atoms with Crippen LogP contribution in [0.5, 0.6) is 0 Å². The highest BCUT2D eigenvalue weighted by Crippen LogP contribution is 2.35. The van der Waals surface area contributed by atoms with E-state index in [9.17, 15) is 8.42 Å². The Kier molecular flexibility index (Phi) is 3.60. The minimum atomic E-state index is -3.24. The molecule has 1 aliphatic heterocycles. The summed E-state index contributed by atoms with van der Waals surface area (Å²) in [5, 5.41) is -0.380. The summed E-state index contributed by atoms with van der Waals surface area (Å²) in [6.45, 7) is 0.621. The maximum atomic E-state index is 12.3. The van der Waals surface area contributed by atoms with E-state index in [1.165, 1.54) is 6.42 Å². The number of sulfone groups is 1. The van der Waals surface area contributed by atoms with E-state index in [4.69, 9.17) is 10.5 Å². The van der Waals surface area contributed by atoms with Gasteiger partial charge in [-0.1, -0.05) is 31.4 Å². The van der Waals surface area contributed by atoms with Gasteiger partial charge in [0.2, 0.25) is 0 Å². The first-order chi connectivity index (χ1) is 9.52. The van der Waals surface area contributed by atoms with Crippen molar-refractivity contribution < 1.29 is 13.2 Å². The summed E-state index contributed by atoms with van der Waals surface area (Å²) >= 11 is 0. The van der Waals surface area contributed by atoms with E-state index in [0.29, 0.717) is 18.1 Å². The topological polar surface area (TPSA) is 69.4 Å². The highest BCUT2D eigenvalue weighted by molar-refractivity contribution is 7.92. The molecule has 4 nitrogen and oxygen atoms in total. The van der Waals surface area contributed by atoms with Crippen molar-refractivity contribution in [2.24, 2.45) is 5.73 Å². The van der Waals surface area contributed by atoms with Gasteiger partial charge in [0.05, 0.1) is 18.1 Å². The summed E-state index contributed by atoms with van der Waals surface area (Å²) in [4.78, 5) is 0.383. The van der Waals surface area contributed by atoms with Crippen molar-refractivity contribution >= 4 is 9.84 Å². The van der Waals surface area contributed by atoms with Crippen molar-refractivity contribution in [3.63, 3.8) is 0 Å². The van der Waals surface area contributed by atoms with Gasteiger partial charge in [0.15, 0.2) is 9.84 Å². The molecule has 1 saturated heterocycles. The van der Waals surface area contributed by atoms with Crippen LogP contribution < -0.4 is 5.73 Å². The zero-order valence-electron chi connectivity index (χ0n) is 11.5. The predicted molar refractivity (Wildman–Crippen MR) is 77.2 cm³/mol. The van der Waals surface area contributed by atoms with Crippen LogP contribution in [0, 0.1) is 0 Å². The third-order valence-electron chi connectivity index (χ3n) is 4.55. The normalized spacial score (nSPS) is 23.2. The molecule has 0 bridgehead atoms. The molecule has 2 N–H and O–H groups in total. The zero-order valence-corrected chi connectivity index (χ0v) is 12.4. The van der Waals surface area contributed by atoms with Crippen LogP contribution in [0.25, 0.3) is 0 Å². The molecule has 1 aromatic carbocycles. The fourth-order valence-corrected chi connectivity index (χ4v) is 4.48. The van der Waals surface area contributed by atoms with Gasteiger partial charge in [-0.3, -0.25) is 0 Å². The molecule has 0 atom stereocenters. The molecule has 20 heavy (non-hydrogen) atoms. The molecule has 3 rings (SSSR count). The lowest BCUT2D eigenvalue weighted by molar-refractivity contribution is 0.0416. The summed E-state index contributed by atoms with van der Waals surface area (Å²) in [5.41, 5.74) is 7.25. The second-order valence-corrected chi connectivity index (χ2v) is 8.17. The van der Waals surface area contributed by atoms with E-state index >= 15 is 0 Å². The van der Waals surface area contributed by atoms with E-state index in [2.05, 4.69) is 0 Å². The van der Waals surface area contributed by atoms with Crippen LogP contribution in [-0.2, 0) is 20.1 Å². The molecular weight excluding hydrogens is 274 g/mol. The lowest BCUT2D eigenvalue weighted by Crippen LogP contribution is -2.41. The third-order valence-corrected chi connectivity index (χ3v) is 6.63. The first kappa shape index (κ1) is 14.0. The Bertz CT molecular complexity index is 570. The van der Waals surface area contributed by atoms with Crippen LogP contribution in [0.15, 0.2) is 29.2 Å². The molecule has 1 aliphatic carbocycles. The van der Waals surface area contributed by atoms with Crippen LogP contribution in [-0.4, -0.2) is 26.9 Å². The fraction of sp³-hybridized carbons (Fsp3) is 0.600. The van der Waals surface area contributed by atoms with Crippen molar-refractivity contribution in [1.82, 2.24) is 0 Å². The van der Waals surface area contributed by atoms with Gasteiger partial charge in [-0.05, 0) is 30.5 Å². The monoisotopic (exact) mass is 295 g/mol. The average molecular weight is 295 g/mol. The number of hydrogen-bond donors (Lipinski definition) is 1. The molecule has 0 unspecified atom stereocenters. The number of hydrogen-bond acceptors (Lipinski definition) is 4. The number of ether oxygens (including phenoxy) is 1. The quantitative estimate of drug-likeness (QED) is 0.925. The molecule has 0 radical (unpaired) electrons. The molecule has 2 aliphatic rings. The SMILES string of the molecule is NC1(c2ccc(S(=O)(=O)C3COC3)cc2)CCCCC1. The Balaban J connectivity index is 1.84. The molecule has 1 aromatic rings. The second kappa shape index (κ2) is 5.13. The predicted octanol–water partition coefficient (Wildman–Crippen LogP) is 1.98. The second-order valence-electron chi connectivity index (χ2n) is 5.95. The summed E-state index contributed by atoms with van der Waals surface area (Å²) in [6, 6.07) is 7.17. The summed E-state index contributed by atoms with van der Waals surface area (Å²) in [5.74, 6) is 0. The van der Waals surface area contributed by atoms with Crippen molar-refractivity contribution in [2.45, 2.75) is 47.8 Å². The Morgan fingerprint density at radius 3 is 2.15 bits per heavy atom. The summed E-state index contributed by atoms with van der Waals surface area (Å²) in [7, 11) is -3.24. The first-order valence-corrected chi connectivity index (χ1v) is 8.78. The fourth-order valence-electron chi connectivity index (χ4n) is 3.03. The molecular formula is C15H21NO3S. The van der Waals surface area contributed by atoms with Gasteiger partial charge in [-0.25, -0.2) is 8.42 Å². The van der Waals surface area contributed by atoms with Crippen LogP contribution >= 0.6 is 0 Å². The van der Waals surface area contributed by atoms with Crippen molar-refractivity contribution in [3.8, 4) is 0 Å². The largest absolute Gasteiger partial charge is 0.379 e. The van der Waals surface area contributed by atoms with Gasteiger partial charge >= 0.3 is 0 Å². The van der Waals surface area contributed by atoms with Crippen LogP contribution in [0.2, 0.25) is 0 Å². The highest BCUT2D eigenvalue weighted by atomic mass is 32.2. The van der Waals surface area contributed by atoms with Crippen molar-refractivity contribution in [3.05, 3.63) is 29.8 Å². The molecule has 0 spiro atoms.